The molecule has 4 rings (SSSR count). The van der Waals surface area contributed by atoms with E-state index in [1.54, 1.807) is 11.0 Å². The Morgan fingerprint density at radius 2 is 1.88 bits per heavy atom. The van der Waals surface area contributed by atoms with Crippen LogP contribution in [0.3, 0.4) is 0 Å². The Balaban J connectivity index is 1.55. The van der Waals surface area contributed by atoms with Crippen LogP contribution >= 0.6 is 0 Å². The number of nitrogens with one attached hydrogen (secondary N) is 3. The molecule has 7 nitrogen and oxygen atoms in total. The van der Waals surface area contributed by atoms with E-state index in [0.717, 1.165) is 36.1 Å². The van der Waals surface area contributed by atoms with Crippen molar-refractivity contribution < 1.29 is 14.0 Å². The molecule has 0 spiro atoms. The Labute approximate surface area is 189 Å². The lowest BCUT2D eigenvalue weighted by molar-refractivity contribution is -0.121. The van der Waals surface area contributed by atoms with Crippen LogP contribution < -0.4 is 10.6 Å². The van der Waals surface area contributed by atoms with Crippen LogP contribution in [-0.4, -0.2) is 35.1 Å². The van der Waals surface area contributed by atoms with E-state index in [4.69, 9.17) is 0 Å². The molecule has 3 amide bonds. The highest BCUT2D eigenvalue weighted by molar-refractivity contribution is 6.83. The Bertz CT molecular complexity index is 1080. The Kier molecular flexibility index (Phi) is 5.23. The molecule has 0 bridgehead atoms. The van der Waals surface area contributed by atoms with Crippen molar-refractivity contribution in [1.82, 2.24) is 15.1 Å². The number of carbonyl (C=O) groups excluding carboxylic acids is 2. The molecule has 1 fully saturated rings. The van der Waals surface area contributed by atoms with E-state index in [0.29, 0.717) is 18.1 Å². The summed E-state index contributed by atoms with van der Waals surface area (Å²) < 4.78 is 13.7. The third-order valence-corrected chi connectivity index (χ3v) is 11.1. The number of anilines is 2. The summed E-state index contributed by atoms with van der Waals surface area (Å²) in [7, 11) is -1.71. The SMILES string of the molecule is Cc1ccc(F)cc1NC(=O)N1Cc2c(NC(=O)C3([Si](C)(C)C)CCC3)n[nH]c2C1(C)C. The lowest BCUT2D eigenvalue weighted by atomic mass is 9.83. The number of aryl methyl sites for hydroxylation is 1. The van der Waals surface area contributed by atoms with Gasteiger partial charge in [-0.25, -0.2) is 9.18 Å². The van der Waals surface area contributed by atoms with E-state index in [-0.39, 0.29) is 17.0 Å². The molecular formula is C23H32FN5O2Si. The van der Waals surface area contributed by atoms with E-state index >= 15 is 0 Å². The zero-order chi connectivity index (χ0) is 23.5. The first-order valence-electron chi connectivity index (χ1n) is 11.1. The number of rotatable bonds is 4. The molecule has 1 aromatic heterocycles. The van der Waals surface area contributed by atoms with Crippen molar-refractivity contribution in [1.29, 1.82) is 0 Å². The summed E-state index contributed by atoms with van der Waals surface area (Å²) in [6.45, 7) is 12.7. The monoisotopic (exact) mass is 457 g/mol. The number of halogens is 1. The average Bonchev–Trinajstić information content (AvgIpc) is 3.14. The van der Waals surface area contributed by atoms with Gasteiger partial charge in [-0.2, -0.15) is 5.10 Å². The molecule has 32 heavy (non-hydrogen) atoms. The molecule has 0 atom stereocenters. The minimum absolute atomic E-state index is 0.0494. The molecule has 172 valence electrons. The number of nitrogens with zero attached hydrogens (tertiary/aromatic N) is 2. The van der Waals surface area contributed by atoms with Crippen molar-refractivity contribution in [3.05, 3.63) is 40.8 Å². The van der Waals surface area contributed by atoms with Gasteiger partial charge in [-0.1, -0.05) is 32.1 Å². The highest BCUT2D eigenvalue weighted by Crippen LogP contribution is 2.56. The highest BCUT2D eigenvalue weighted by Gasteiger charge is 2.54. The minimum atomic E-state index is -1.71. The molecule has 9 heteroatoms. The molecule has 0 radical (unpaired) electrons. The van der Waals surface area contributed by atoms with Crippen molar-refractivity contribution in [3.8, 4) is 0 Å². The first-order chi connectivity index (χ1) is 14.9. The number of hydrogen-bond acceptors (Lipinski definition) is 3. The van der Waals surface area contributed by atoms with E-state index < -0.39 is 19.4 Å². The smallest absolute Gasteiger partial charge is 0.309 e. The fourth-order valence-corrected chi connectivity index (χ4v) is 7.53. The fraction of sp³-hybridized carbons (Fsp3) is 0.522. The van der Waals surface area contributed by atoms with Gasteiger partial charge in [0.1, 0.15) is 5.82 Å². The number of hydrogen-bond donors (Lipinski definition) is 3. The van der Waals surface area contributed by atoms with Crippen molar-refractivity contribution >= 4 is 31.5 Å². The van der Waals surface area contributed by atoms with E-state index in [2.05, 4.69) is 40.5 Å². The summed E-state index contributed by atoms with van der Waals surface area (Å²) in [4.78, 5) is 28.1. The van der Waals surface area contributed by atoms with Crippen molar-refractivity contribution in [2.75, 3.05) is 10.6 Å². The van der Waals surface area contributed by atoms with Crippen LogP contribution in [0.25, 0.3) is 0 Å². The lowest BCUT2D eigenvalue weighted by Crippen LogP contribution is -2.52. The Hall–Kier alpha value is -2.68. The number of amides is 3. The number of H-pyrrole nitrogens is 1. The quantitative estimate of drug-likeness (QED) is 0.541. The molecule has 2 aromatic rings. The van der Waals surface area contributed by atoms with Gasteiger partial charge in [-0.15, -0.1) is 0 Å². The minimum Gasteiger partial charge on any atom is -0.309 e. The van der Waals surface area contributed by atoms with Gasteiger partial charge in [-0.3, -0.25) is 9.89 Å². The van der Waals surface area contributed by atoms with Gasteiger partial charge >= 0.3 is 6.03 Å². The Morgan fingerprint density at radius 1 is 1.19 bits per heavy atom. The van der Waals surface area contributed by atoms with Crippen molar-refractivity contribution in [3.63, 3.8) is 0 Å². The van der Waals surface area contributed by atoms with Gasteiger partial charge < -0.3 is 15.5 Å². The van der Waals surface area contributed by atoms with Crippen LogP contribution in [0, 0.1) is 12.7 Å². The van der Waals surface area contributed by atoms with Gasteiger partial charge in [0.2, 0.25) is 5.91 Å². The summed E-state index contributed by atoms with van der Waals surface area (Å²) >= 11 is 0. The van der Waals surface area contributed by atoms with Crippen LogP contribution in [0.2, 0.25) is 24.7 Å². The number of aromatic amines is 1. The maximum absolute atomic E-state index is 13.7. The van der Waals surface area contributed by atoms with Gasteiger partial charge in [0, 0.05) is 16.3 Å². The third kappa shape index (κ3) is 3.43. The lowest BCUT2D eigenvalue weighted by Gasteiger charge is -2.48. The first kappa shape index (κ1) is 22.5. The molecule has 1 aliphatic carbocycles. The van der Waals surface area contributed by atoms with Gasteiger partial charge in [0.25, 0.3) is 0 Å². The molecule has 3 N–H and O–H groups in total. The summed E-state index contributed by atoms with van der Waals surface area (Å²) in [5, 5.41) is 13.1. The molecular weight excluding hydrogens is 425 g/mol. The van der Waals surface area contributed by atoms with Gasteiger partial charge in [-0.05, 0) is 51.3 Å². The van der Waals surface area contributed by atoms with Crippen LogP contribution in [0.5, 0.6) is 0 Å². The van der Waals surface area contributed by atoms with E-state index in [1.165, 1.54) is 12.1 Å². The molecule has 0 saturated heterocycles. The molecule has 2 heterocycles. The summed E-state index contributed by atoms with van der Waals surface area (Å²) in [6.07, 6.45) is 2.93. The van der Waals surface area contributed by atoms with Crippen LogP contribution in [0.1, 0.15) is 49.9 Å². The number of benzene rings is 1. The van der Waals surface area contributed by atoms with E-state index in [1.807, 2.05) is 20.8 Å². The standard InChI is InChI=1S/C23H32FN5O2Si/c1-14-8-9-15(24)12-17(14)25-21(31)29-13-16-18(22(29,2)3)27-28-19(16)26-20(30)23(10-7-11-23)32(4,5)6/h8-9,12H,7,10-11,13H2,1-6H3,(H,25,31)(H2,26,27,28,30). The summed E-state index contributed by atoms with van der Waals surface area (Å²) in [5.74, 6) is 0.145. The van der Waals surface area contributed by atoms with Crippen molar-refractivity contribution in [2.24, 2.45) is 0 Å². The topological polar surface area (TPSA) is 90.1 Å². The second-order valence-corrected chi connectivity index (χ2v) is 16.1. The zero-order valence-electron chi connectivity index (χ0n) is 19.6. The predicted octanol–water partition coefficient (Wildman–Crippen LogP) is 5.34. The molecule has 1 aliphatic heterocycles. The first-order valence-corrected chi connectivity index (χ1v) is 14.6. The van der Waals surface area contributed by atoms with Crippen molar-refractivity contribution in [2.45, 2.75) is 76.8 Å². The number of carbonyl (C=O) groups is 2. The molecule has 2 aliphatic rings. The van der Waals surface area contributed by atoms with Crippen LogP contribution in [-0.2, 0) is 16.9 Å². The molecule has 0 unspecified atom stereocenters. The second-order valence-electron chi connectivity index (χ2n) is 10.6. The number of aromatic nitrogens is 2. The number of fused-ring (bicyclic) bond motifs is 1. The molecule has 1 aromatic carbocycles. The molecule has 1 saturated carbocycles. The van der Waals surface area contributed by atoms with Crippen LogP contribution in [0.4, 0.5) is 20.7 Å². The van der Waals surface area contributed by atoms with Crippen LogP contribution in [0.15, 0.2) is 18.2 Å². The van der Waals surface area contributed by atoms with Gasteiger partial charge in [0.15, 0.2) is 5.82 Å². The van der Waals surface area contributed by atoms with E-state index in [9.17, 15) is 14.0 Å². The maximum Gasteiger partial charge on any atom is 0.322 e. The predicted molar refractivity (Wildman–Crippen MR) is 126 cm³/mol. The summed E-state index contributed by atoms with van der Waals surface area (Å²) in [5.41, 5.74) is 2.18. The highest BCUT2D eigenvalue weighted by atomic mass is 28.3. The zero-order valence-corrected chi connectivity index (χ0v) is 20.6. The Morgan fingerprint density at radius 3 is 2.47 bits per heavy atom. The number of urea groups is 1. The van der Waals surface area contributed by atoms with Gasteiger partial charge in [0.05, 0.1) is 25.9 Å². The largest absolute Gasteiger partial charge is 0.322 e. The summed E-state index contributed by atoms with van der Waals surface area (Å²) in [6, 6.07) is 3.99. The third-order valence-electron chi connectivity index (χ3n) is 7.47. The maximum atomic E-state index is 13.7. The normalized spacial score (nSPS) is 18.7. The average molecular weight is 458 g/mol. The second kappa shape index (κ2) is 7.43. The fourth-order valence-electron chi connectivity index (χ4n) is 4.93.